The lowest BCUT2D eigenvalue weighted by Gasteiger charge is -2.29. The molecular formula is C22H24N4O4S. The van der Waals surface area contributed by atoms with Crippen LogP contribution in [0.15, 0.2) is 66.0 Å². The number of benzene rings is 1. The molecular weight excluding hydrogens is 416 g/mol. The Labute approximate surface area is 181 Å². The molecule has 1 aliphatic heterocycles. The van der Waals surface area contributed by atoms with E-state index in [0.29, 0.717) is 37.3 Å². The highest BCUT2D eigenvalue weighted by molar-refractivity contribution is 7.90. The quantitative estimate of drug-likeness (QED) is 0.430. The molecule has 0 atom stereocenters. The number of pyridine rings is 1. The monoisotopic (exact) mass is 440 g/mol. The molecule has 1 saturated heterocycles. The topological polar surface area (TPSA) is 84.7 Å². The molecule has 0 bridgehead atoms. The number of carbonyl (C=O) groups is 1. The molecule has 9 heteroatoms. The third-order valence-corrected chi connectivity index (χ3v) is 6.74. The summed E-state index contributed by atoms with van der Waals surface area (Å²) in [7, 11) is -0.307. The molecule has 1 aromatic carbocycles. The highest BCUT2D eigenvalue weighted by atomic mass is 32.2. The fourth-order valence-corrected chi connectivity index (χ4v) is 4.90. The van der Waals surface area contributed by atoms with Crippen LogP contribution in [-0.4, -0.2) is 68.5 Å². The first-order chi connectivity index (χ1) is 14.9. The molecule has 0 radical (unpaired) electrons. The number of ketones is 1. The van der Waals surface area contributed by atoms with Gasteiger partial charge in [0.05, 0.1) is 34.7 Å². The van der Waals surface area contributed by atoms with Crippen molar-refractivity contribution >= 4 is 32.5 Å². The fraction of sp³-hybridized carbons (Fsp3) is 0.273. The highest BCUT2D eigenvalue weighted by Gasteiger charge is 2.27. The molecule has 31 heavy (non-hydrogen) atoms. The van der Waals surface area contributed by atoms with E-state index in [1.54, 1.807) is 35.5 Å². The Balaban J connectivity index is 1.95. The first-order valence-electron chi connectivity index (χ1n) is 9.92. The van der Waals surface area contributed by atoms with Crippen LogP contribution in [0.25, 0.3) is 11.0 Å². The van der Waals surface area contributed by atoms with Crippen LogP contribution < -0.4 is 4.90 Å². The number of allylic oxidation sites excluding steroid dienone is 1. The fourth-order valence-electron chi connectivity index (χ4n) is 3.56. The zero-order chi connectivity index (χ0) is 22.0. The van der Waals surface area contributed by atoms with Gasteiger partial charge in [-0.25, -0.2) is 17.4 Å². The average molecular weight is 441 g/mol. The van der Waals surface area contributed by atoms with Crippen molar-refractivity contribution in [2.24, 2.45) is 0 Å². The van der Waals surface area contributed by atoms with Crippen molar-refractivity contribution in [2.45, 2.75) is 4.90 Å². The third kappa shape index (κ3) is 4.06. The van der Waals surface area contributed by atoms with Crippen LogP contribution in [0.1, 0.15) is 10.4 Å². The van der Waals surface area contributed by atoms with Crippen molar-refractivity contribution in [3.05, 3.63) is 66.6 Å². The van der Waals surface area contributed by atoms with Gasteiger partial charge in [0.25, 0.3) is 10.0 Å². The lowest BCUT2D eigenvalue weighted by Crippen LogP contribution is -2.36. The number of rotatable bonds is 6. The van der Waals surface area contributed by atoms with Gasteiger partial charge in [-0.2, -0.15) is 0 Å². The third-order valence-electron chi connectivity index (χ3n) is 5.07. The van der Waals surface area contributed by atoms with E-state index in [1.165, 1.54) is 24.4 Å². The van der Waals surface area contributed by atoms with Crippen LogP contribution in [0.4, 0.5) is 5.69 Å². The number of ether oxygens (including phenoxy) is 1. The minimum Gasteiger partial charge on any atom is -0.383 e. The Kier molecular flexibility index (Phi) is 5.79. The summed E-state index contributed by atoms with van der Waals surface area (Å²) in [4.78, 5) is 21.4. The molecule has 1 aliphatic rings. The van der Waals surface area contributed by atoms with Crippen molar-refractivity contribution in [1.82, 2.24) is 13.9 Å². The molecule has 1 fully saturated rings. The molecule has 0 N–H and O–H groups in total. The van der Waals surface area contributed by atoms with E-state index in [2.05, 4.69) is 9.88 Å². The smallest absolute Gasteiger partial charge is 0.269 e. The number of anilines is 1. The van der Waals surface area contributed by atoms with Gasteiger partial charge in [0.2, 0.25) is 0 Å². The largest absolute Gasteiger partial charge is 0.383 e. The van der Waals surface area contributed by atoms with Crippen molar-refractivity contribution < 1.29 is 17.9 Å². The van der Waals surface area contributed by atoms with Crippen LogP contribution in [-0.2, 0) is 14.8 Å². The Morgan fingerprint density at radius 3 is 2.52 bits per heavy atom. The zero-order valence-electron chi connectivity index (χ0n) is 17.4. The van der Waals surface area contributed by atoms with Gasteiger partial charge in [0, 0.05) is 51.9 Å². The number of nitrogens with zero attached hydrogens (tertiary/aromatic N) is 4. The summed E-state index contributed by atoms with van der Waals surface area (Å²) in [6.07, 6.45) is 6.03. The Hall–Kier alpha value is -3.17. The average Bonchev–Trinajstić information content (AvgIpc) is 3.19. The molecule has 2 aromatic heterocycles. The first kappa shape index (κ1) is 21.1. The van der Waals surface area contributed by atoms with E-state index in [9.17, 15) is 13.2 Å². The normalized spacial score (nSPS) is 15.0. The van der Waals surface area contributed by atoms with Gasteiger partial charge >= 0.3 is 0 Å². The van der Waals surface area contributed by atoms with Crippen LogP contribution in [0.2, 0.25) is 0 Å². The first-order valence-corrected chi connectivity index (χ1v) is 11.4. The van der Waals surface area contributed by atoms with Gasteiger partial charge in [-0.3, -0.25) is 4.79 Å². The number of aromatic nitrogens is 2. The molecule has 4 rings (SSSR count). The Bertz CT molecular complexity index is 1230. The predicted molar refractivity (Wildman–Crippen MR) is 119 cm³/mol. The molecule has 3 aromatic rings. The summed E-state index contributed by atoms with van der Waals surface area (Å²) in [5.74, 6) is -0.289. The molecule has 8 nitrogen and oxygen atoms in total. The lowest BCUT2D eigenvalue weighted by molar-refractivity contribution is 0.104. The SMILES string of the molecule is CN(C)/C=C/C(=O)c1cn(S(=O)(=O)c2ccccc2)c2nccc(N3CCOCC3)c12. The minimum atomic E-state index is -3.93. The van der Waals surface area contributed by atoms with Crippen LogP contribution >= 0.6 is 0 Å². The van der Waals surface area contributed by atoms with Crippen LogP contribution in [0.5, 0.6) is 0 Å². The van der Waals surface area contributed by atoms with E-state index in [-0.39, 0.29) is 16.3 Å². The molecule has 162 valence electrons. The Morgan fingerprint density at radius 2 is 1.84 bits per heavy atom. The number of fused-ring (bicyclic) bond motifs is 1. The maximum atomic E-state index is 13.4. The second-order valence-electron chi connectivity index (χ2n) is 7.43. The number of carbonyl (C=O) groups excluding carboxylic acids is 1. The van der Waals surface area contributed by atoms with E-state index < -0.39 is 10.0 Å². The zero-order valence-corrected chi connectivity index (χ0v) is 18.2. The summed E-state index contributed by atoms with van der Waals surface area (Å²) in [5.41, 5.74) is 1.30. The second kappa shape index (κ2) is 8.52. The summed E-state index contributed by atoms with van der Waals surface area (Å²) in [6.45, 7) is 2.43. The molecule has 3 heterocycles. The standard InChI is InChI=1S/C22H24N4O4S/c1-24(2)11-9-20(27)18-16-26(31(28,29)17-6-4-3-5-7-17)22-21(18)19(8-10-23-22)25-12-14-30-15-13-25/h3-11,16H,12-15H2,1-2H3/b11-9+. The maximum absolute atomic E-state index is 13.4. The van der Waals surface area contributed by atoms with Gasteiger partial charge in [-0.15, -0.1) is 0 Å². The minimum absolute atomic E-state index is 0.133. The molecule has 0 aliphatic carbocycles. The lowest BCUT2D eigenvalue weighted by atomic mass is 10.1. The summed E-state index contributed by atoms with van der Waals surface area (Å²) < 4.78 is 33.3. The Morgan fingerprint density at radius 1 is 1.13 bits per heavy atom. The maximum Gasteiger partial charge on any atom is 0.269 e. The molecule has 0 amide bonds. The van der Waals surface area contributed by atoms with E-state index >= 15 is 0 Å². The van der Waals surface area contributed by atoms with E-state index in [4.69, 9.17) is 4.74 Å². The van der Waals surface area contributed by atoms with Crippen LogP contribution in [0.3, 0.4) is 0 Å². The second-order valence-corrected chi connectivity index (χ2v) is 9.24. The highest BCUT2D eigenvalue weighted by Crippen LogP contribution is 2.33. The van der Waals surface area contributed by atoms with Crippen molar-refractivity contribution in [3.63, 3.8) is 0 Å². The summed E-state index contributed by atoms with van der Waals surface area (Å²) >= 11 is 0. The van der Waals surface area contributed by atoms with Gasteiger partial charge in [-0.05, 0) is 18.2 Å². The number of hydrogen-bond donors (Lipinski definition) is 0. The van der Waals surface area contributed by atoms with Gasteiger partial charge in [0.15, 0.2) is 11.4 Å². The van der Waals surface area contributed by atoms with Gasteiger partial charge in [0.1, 0.15) is 0 Å². The predicted octanol–water partition coefficient (Wildman–Crippen LogP) is 2.37. The summed E-state index contributed by atoms with van der Waals surface area (Å²) in [6, 6.07) is 9.96. The van der Waals surface area contributed by atoms with Gasteiger partial charge < -0.3 is 14.5 Å². The molecule has 0 spiro atoms. The van der Waals surface area contributed by atoms with Crippen molar-refractivity contribution in [2.75, 3.05) is 45.3 Å². The van der Waals surface area contributed by atoms with Crippen LogP contribution in [0, 0.1) is 0 Å². The molecule has 0 unspecified atom stereocenters. The van der Waals surface area contributed by atoms with Gasteiger partial charge in [-0.1, -0.05) is 18.2 Å². The number of hydrogen-bond acceptors (Lipinski definition) is 7. The van der Waals surface area contributed by atoms with E-state index in [0.717, 1.165) is 9.66 Å². The molecule has 0 saturated carbocycles. The van der Waals surface area contributed by atoms with E-state index in [1.807, 2.05) is 20.2 Å². The van der Waals surface area contributed by atoms with Crippen molar-refractivity contribution in [3.8, 4) is 0 Å². The van der Waals surface area contributed by atoms with Crippen molar-refractivity contribution in [1.29, 1.82) is 0 Å². The number of morpholine rings is 1. The summed E-state index contributed by atoms with van der Waals surface area (Å²) in [5, 5.41) is 0.525.